The van der Waals surface area contributed by atoms with Crippen LogP contribution in [0.25, 0.3) is 0 Å². The average Bonchev–Trinajstić information content (AvgIpc) is 2.70. The summed E-state index contributed by atoms with van der Waals surface area (Å²) in [6.45, 7) is 6.36. The van der Waals surface area contributed by atoms with Gasteiger partial charge in [0.15, 0.2) is 0 Å². The fourth-order valence-electron chi connectivity index (χ4n) is 3.14. The predicted octanol–water partition coefficient (Wildman–Crippen LogP) is 2.20. The molecule has 0 aliphatic carbocycles. The molecule has 0 spiro atoms. The number of hydrogen-bond acceptors (Lipinski definition) is 2. The fraction of sp³-hybridized carbons (Fsp3) is 0.923. The number of halogens is 1. The monoisotopic (exact) mass is 260 g/mol. The Hall–Kier alpha value is -0.280. The fourth-order valence-corrected chi connectivity index (χ4v) is 3.14. The van der Waals surface area contributed by atoms with Crippen LogP contribution in [0.5, 0.6) is 0 Å². The third-order valence-corrected chi connectivity index (χ3v) is 4.16. The number of likely N-dealkylation sites (tertiary alicyclic amines) is 1. The van der Waals surface area contributed by atoms with Crippen LogP contribution in [0.4, 0.5) is 0 Å². The largest absolute Gasteiger partial charge is 0.337 e. The number of nitrogens with zero attached hydrogens (tertiary/aromatic N) is 1. The number of piperidine rings is 1. The molecule has 2 fully saturated rings. The van der Waals surface area contributed by atoms with Gasteiger partial charge in [-0.2, -0.15) is 0 Å². The molecule has 0 bridgehead atoms. The van der Waals surface area contributed by atoms with Crippen molar-refractivity contribution in [1.29, 1.82) is 0 Å². The van der Waals surface area contributed by atoms with Crippen molar-refractivity contribution < 1.29 is 4.79 Å². The summed E-state index contributed by atoms with van der Waals surface area (Å²) in [7, 11) is 0. The van der Waals surface area contributed by atoms with Crippen molar-refractivity contribution in [3.8, 4) is 0 Å². The molecule has 2 heterocycles. The van der Waals surface area contributed by atoms with Gasteiger partial charge in [-0.1, -0.05) is 6.92 Å². The molecule has 2 rings (SSSR count). The van der Waals surface area contributed by atoms with Gasteiger partial charge in [-0.05, 0) is 45.6 Å². The summed E-state index contributed by atoms with van der Waals surface area (Å²) in [6.07, 6.45) is 5.71. The Labute approximate surface area is 111 Å². The van der Waals surface area contributed by atoms with Gasteiger partial charge in [-0.25, -0.2) is 0 Å². The molecule has 4 heteroatoms. The number of amides is 1. The van der Waals surface area contributed by atoms with Crippen LogP contribution in [0.15, 0.2) is 0 Å². The molecule has 2 aliphatic heterocycles. The molecule has 0 saturated carbocycles. The minimum absolute atomic E-state index is 0. The molecule has 3 atom stereocenters. The summed E-state index contributed by atoms with van der Waals surface area (Å²) in [4.78, 5) is 14.6. The van der Waals surface area contributed by atoms with Crippen LogP contribution < -0.4 is 5.32 Å². The van der Waals surface area contributed by atoms with E-state index in [1.165, 1.54) is 12.8 Å². The molecule has 1 N–H and O–H groups in total. The molecule has 3 unspecified atom stereocenters. The van der Waals surface area contributed by atoms with Crippen molar-refractivity contribution in [1.82, 2.24) is 10.2 Å². The lowest BCUT2D eigenvalue weighted by Gasteiger charge is -2.33. The molecule has 0 aromatic rings. The summed E-state index contributed by atoms with van der Waals surface area (Å²) < 4.78 is 0. The summed E-state index contributed by atoms with van der Waals surface area (Å²) in [5.74, 6) is 0.646. The normalized spacial score (nSPS) is 33.3. The topological polar surface area (TPSA) is 32.3 Å². The molecule has 0 aromatic carbocycles. The number of carbonyl (C=O) groups excluding carboxylic acids is 1. The van der Waals surface area contributed by atoms with Crippen LogP contribution in [-0.4, -0.2) is 36.0 Å². The second-order valence-electron chi connectivity index (χ2n) is 5.28. The molecular weight excluding hydrogens is 236 g/mol. The smallest absolute Gasteiger partial charge is 0.227 e. The average molecular weight is 261 g/mol. The second-order valence-corrected chi connectivity index (χ2v) is 5.28. The molecular formula is C13H25ClN2O. The van der Waals surface area contributed by atoms with Gasteiger partial charge in [0.25, 0.3) is 0 Å². The zero-order valence-corrected chi connectivity index (χ0v) is 11.8. The van der Waals surface area contributed by atoms with Crippen LogP contribution in [0.1, 0.15) is 46.0 Å². The second kappa shape index (κ2) is 6.60. The SMILES string of the molecule is CCC1CCC(C)N1C(=O)C1CCCNC1.Cl. The van der Waals surface area contributed by atoms with Crippen LogP contribution in [0.3, 0.4) is 0 Å². The van der Waals surface area contributed by atoms with Gasteiger partial charge >= 0.3 is 0 Å². The third kappa shape index (κ3) is 3.14. The van der Waals surface area contributed by atoms with Crippen LogP contribution in [0.2, 0.25) is 0 Å². The van der Waals surface area contributed by atoms with Gasteiger partial charge in [-0.3, -0.25) is 4.79 Å². The van der Waals surface area contributed by atoms with E-state index in [-0.39, 0.29) is 18.3 Å². The van der Waals surface area contributed by atoms with E-state index in [1.54, 1.807) is 0 Å². The lowest BCUT2D eigenvalue weighted by molar-refractivity contribution is -0.138. The van der Waals surface area contributed by atoms with Crippen LogP contribution in [0, 0.1) is 5.92 Å². The molecule has 17 heavy (non-hydrogen) atoms. The molecule has 0 aromatic heterocycles. The van der Waals surface area contributed by atoms with Gasteiger partial charge in [-0.15, -0.1) is 12.4 Å². The highest BCUT2D eigenvalue weighted by Crippen LogP contribution is 2.28. The molecule has 1 amide bonds. The number of hydrogen-bond donors (Lipinski definition) is 1. The molecule has 2 saturated heterocycles. The molecule has 2 aliphatic rings. The van der Waals surface area contributed by atoms with E-state index in [1.807, 2.05) is 0 Å². The van der Waals surface area contributed by atoms with Crippen LogP contribution in [-0.2, 0) is 4.79 Å². The number of nitrogens with one attached hydrogen (secondary N) is 1. The maximum absolute atomic E-state index is 12.5. The van der Waals surface area contributed by atoms with Crippen molar-refractivity contribution in [3.05, 3.63) is 0 Å². The molecule has 3 nitrogen and oxygen atoms in total. The van der Waals surface area contributed by atoms with Gasteiger partial charge in [0.1, 0.15) is 0 Å². The van der Waals surface area contributed by atoms with Crippen molar-refractivity contribution in [2.75, 3.05) is 13.1 Å². The predicted molar refractivity (Wildman–Crippen MR) is 72.5 cm³/mol. The lowest BCUT2D eigenvalue weighted by Crippen LogP contribution is -2.47. The first-order valence-corrected chi connectivity index (χ1v) is 6.77. The zero-order valence-electron chi connectivity index (χ0n) is 10.9. The summed E-state index contributed by atoms with van der Waals surface area (Å²) in [6, 6.07) is 0.962. The summed E-state index contributed by atoms with van der Waals surface area (Å²) in [5, 5.41) is 3.34. The zero-order chi connectivity index (χ0) is 11.5. The van der Waals surface area contributed by atoms with Crippen LogP contribution >= 0.6 is 12.4 Å². The quantitative estimate of drug-likeness (QED) is 0.826. The Balaban J connectivity index is 0.00000144. The highest BCUT2D eigenvalue weighted by Gasteiger charge is 2.36. The first kappa shape index (κ1) is 14.8. The maximum Gasteiger partial charge on any atom is 0.227 e. The summed E-state index contributed by atoms with van der Waals surface area (Å²) in [5.41, 5.74) is 0. The van der Waals surface area contributed by atoms with E-state index in [0.29, 0.717) is 18.0 Å². The maximum atomic E-state index is 12.5. The highest BCUT2D eigenvalue weighted by atomic mass is 35.5. The van der Waals surface area contributed by atoms with Crippen molar-refractivity contribution >= 4 is 18.3 Å². The highest BCUT2D eigenvalue weighted by molar-refractivity contribution is 5.85. The van der Waals surface area contributed by atoms with Gasteiger partial charge < -0.3 is 10.2 Å². The van der Waals surface area contributed by atoms with Crippen molar-refractivity contribution in [3.63, 3.8) is 0 Å². The van der Waals surface area contributed by atoms with Crippen molar-refractivity contribution in [2.24, 2.45) is 5.92 Å². The van der Waals surface area contributed by atoms with E-state index >= 15 is 0 Å². The first-order chi connectivity index (χ1) is 7.74. The number of rotatable bonds is 2. The van der Waals surface area contributed by atoms with Gasteiger partial charge in [0.05, 0.1) is 5.92 Å². The van der Waals surface area contributed by atoms with Gasteiger partial charge in [0.2, 0.25) is 5.91 Å². The van der Waals surface area contributed by atoms with E-state index < -0.39 is 0 Å². The van der Waals surface area contributed by atoms with Crippen molar-refractivity contribution in [2.45, 2.75) is 58.0 Å². The van der Waals surface area contributed by atoms with E-state index in [9.17, 15) is 4.79 Å². The Kier molecular flexibility index (Phi) is 5.74. The Bertz CT molecular complexity index is 254. The first-order valence-electron chi connectivity index (χ1n) is 6.77. The Morgan fingerprint density at radius 2 is 2.12 bits per heavy atom. The van der Waals surface area contributed by atoms with Gasteiger partial charge in [0, 0.05) is 18.6 Å². The van der Waals surface area contributed by atoms with E-state index in [4.69, 9.17) is 0 Å². The molecule has 100 valence electrons. The molecule has 0 radical (unpaired) electrons. The Morgan fingerprint density at radius 1 is 1.35 bits per heavy atom. The number of carbonyl (C=O) groups is 1. The minimum atomic E-state index is 0. The van der Waals surface area contributed by atoms with E-state index in [2.05, 4.69) is 24.1 Å². The third-order valence-electron chi connectivity index (χ3n) is 4.16. The summed E-state index contributed by atoms with van der Waals surface area (Å²) >= 11 is 0. The van der Waals surface area contributed by atoms with E-state index in [0.717, 1.165) is 32.4 Å². The minimum Gasteiger partial charge on any atom is -0.337 e. The lowest BCUT2D eigenvalue weighted by atomic mass is 9.97. The standard InChI is InChI=1S/C13H24N2O.ClH/c1-3-12-7-6-10(2)15(12)13(16)11-5-4-8-14-9-11;/h10-12,14H,3-9H2,1-2H3;1H. The Morgan fingerprint density at radius 3 is 2.71 bits per heavy atom.